The predicted molar refractivity (Wildman–Crippen MR) is 104 cm³/mol. The molecule has 26 heavy (non-hydrogen) atoms. The smallest absolute Gasteiger partial charge is 0.232 e. The molecule has 140 valence electrons. The summed E-state index contributed by atoms with van der Waals surface area (Å²) in [6.45, 7) is 3.90. The van der Waals surface area contributed by atoms with Crippen LogP contribution < -0.4 is 14.4 Å². The first kappa shape index (κ1) is 19.8. The van der Waals surface area contributed by atoms with Crippen LogP contribution in [-0.2, 0) is 14.8 Å². The molecule has 0 saturated heterocycles. The van der Waals surface area contributed by atoms with Gasteiger partial charge in [-0.3, -0.25) is 9.10 Å². The maximum absolute atomic E-state index is 12.3. The van der Waals surface area contributed by atoms with E-state index in [4.69, 9.17) is 4.74 Å². The number of carbonyl (C=O) groups is 1. The number of carbonyl (C=O) groups excluding carboxylic acids is 1. The summed E-state index contributed by atoms with van der Waals surface area (Å²) in [5.41, 5.74) is 3.20. The van der Waals surface area contributed by atoms with Crippen molar-refractivity contribution in [1.82, 2.24) is 0 Å². The number of hydrogen-bond donors (Lipinski definition) is 1. The highest BCUT2D eigenvalue weighted by atomic mass is 32.2. The van der Waals surface area contributed by atoms with Gasteiger partial charge in [0, 0.05) is 24.7 Å². The number of ether oxygens (including phenoxy) is 1. The van der Waals surface area contributed by atoms with Crippen molar-refractivity contribution in [3.63, 3.8) is 0 Å². The number of nitrogens with one attached hydrogen (secondary N) is 1. The van der Waals surface area contributed by atoms with Crippen LogP contribution in [-0.4, -0.2) is 34.2 Å². The lowest BCUT2D eigenvalue weighted by Crippen LogP contribution is -2.33. The highest BCUT2D eigenvalue weighted by molar-refractivity contribution is 7.92. The zero-order chi connectivity index (χ0) is 19.3. The number of amides is 1. The fraction of sp³-hybridized carbons (Fsp3) is 0.316. The van der Waals surface area contributed by atoms with E-state index in [1.165, 1.54) is 11.4 Å². The molecule has 0 heterocycles. The maximum atomic E-state index is 12.3. The lowest BCUT2D eigenvalue weighted by Gasteiger charge is -2.22. The minimum Gasteiger partial charge on any atom is -0.497 e. The van der Waals surface area contributed by atoms with Crippen LogP contribution in [0.25, 0.3) is 0 Å². The Morgan fingerprint density at radius 2 is 1.88 bits per heavy atom. The minimum atomic E-state index is -3.53. The SMILES string of the molecule is COc1cccc(N(CCC(=O)Nc2cc(C)ccc2C)S(C)(=O)=O)c1. The van der Waals surface area contributed by atoms with Gasteiger partial charge in [-0.15, -0.1) is 0 Å². The number of hydrogen-bond acceptors (Lipinski definition) is 4. The Balaban J connectivity index is 2.12. The highest BCUT2D eigenvalue weighted by Gasteiger charge is 2.19. The number of aryl methyl sites for hydroxylation is 2. The molecule has 2 rings (SSSR count). The van der Waals surface area contributed by atoms with Gasteiger partial charge >= 0.3 is 0 Å². The molecular weight excluding hydrogens is 352 g/mol. The van der Waals surface area contributed by atoms with Crippen LogP contribution in [0.15, 0.2) is 42.5 Å². The van der Waals surface area contributed by atoms with Crippen LogP contribution in [0.4, 0.5) is 11.4 Å². The summed E-state index contributed by atoms with van der Waals surface area (Å²) in [5, 5.41) is 2.85. The van der Waals surface area contributed by atoms with Crippen molar-refractivity contribution in [1.29, 1.82) is 0 Å². The molecule has 0 fully saturated rings. The van der Waals surface area contributed by atoms with E-state index in [-0.39, 0.29) is 18.9 Å². The molecule has 0 unspecified atom stereocenters. The van der Waals surface area contributed by atoms with E-state index in [1.807, 2.05) is 32.0 Å². The lowest BCUT2D eigenvalue weighted by atomic mass is 10.1. The fourth-order valence-corrected chi connectivity index (χ4v) is 3.46. The normalized spacial score (nSPS) is 11.1. The Morgan fingerprint density at radius 1 is 1.15 bits per heavy atom. The van der Waals surface area contributed by atoms with Crippen LogP contribution in [0.3, 0.4) is 0 Å². The molecule has 0 spiro atoms. The predicted octanol–water partition coefficient (Wildman–Crippen LogP) is 3.11. The van der Waals surface area contributed by atoms with Crippen LogP contribution in [0.5, 0.6) is 5.75 Å². The summed E-state index contributed by atoms with van der Waals surface area (Å²) < 4.78 is 30.7. The van der Waals surface area contributed by atoms with Gasteiger partial charge in [-0.05, 0) is 43.2 Å². The Hall–Kier alpha value is -2.54. The van der Waals surface area contributed by atoms with Gasteiger partial charge in [0.05, 0.1) is 19.1 Å². The van der Waals surface area contributed by atoms with Crippen molar-refractivity contribution < 1.29 is 17.9 Å². The van der Waals surface area contributed by atoms with Crippen molar-refractivity contribution in [3.05, 3.63) is 53.6 Å². The number of benzene rings is 2. The van der Waals surface area contributed by atoms with E-state index in [0.29, 0.717) is 11.4 Å². The first-order chi connectivity index (χ1) is 12.2. The van der Waals surface area contributed by atoms with Gasteiger partial charge in [-0.2, -0.15) is 0 Å². The first-order valence-corrected chi connectivity index (χ1v) is 10.0. The number of anilines is 2. The second-order valence-corrected chi connectivity index (χ2v) is 8.06. The molecule has 1 N–H and O–H groups in total. The Morgan fingerprint density at radius 3 is 2.54 bits per heavy atom. The van der Waals surface area contributed by atoms with Gasteiger partial charge in [-0.25, -0.2) is 8.42 Å². The van der Waals surface area contributed by atoms with Gasteiger partial charge < -0.3 is 10.1 Å². The molecule has 6 nitrogen and oxygen atoms in total. The second-order valence-electron chi connectivity index (χ2n) is 6.15. The third-order valence-electron chi connectivity index (χ3n) is 3.95. The lowest BCUT2D eigenvalue weighted by molar-refractivity contribution is -0.116. The average molecular weight is 376 g/mol. The summed E-state index contributed by atoms with van der Waals surface area (Å²) in [5.74, 6) is 0.311. The summed E-state index contributed by atoms with van der Waals surface area (Å²) in [7, 11) is -2.01. The number of methoxy groups -OCH3 is 1. The molecule has 0 aliphatic rings. The third kappa shape index (κ3) is 5.23. The average Bonchev–Trinajstić information content (AvgIpc) is 2.57. The van der Waals surface area contributed by atoms with E-state index < -0.39 is 10.0 Å². The van der Waals surface area contributed by atoms with E-state index in [1.54, 1.807) is 24.3 Å². The largest absolute Gasteiger partial charge is 0.497 e. The van der Waals surface area contributed by atoms with Gasteiger partial charge in [-0.1, -0.05) is 18.2 Å². The Kier molecular flexibility index (Phi) is 6.26. The summed E-state index contributed by atoms with van der Waals surface area (Å²) >= 11 is 0. The monoisotopic (exact) mass is 376 g/mol. The molecule has 0 aliphatic carbocycles. The van der Waals surface area contributed by atoms with E-state index >= 15 is 0 Å². The van der Waals surface area contributed by atoms with Crippen LogP contribution in [0, 0.1) is 13.8 Å². The first-order valence-electron chi connectivity index (χ1n) is 8.19. The van der Waals surface area contributed by atoms with Crippen molar-refractivity contribution in [2.45, 2.75) is 20.3 Å². The summed E-state index contributed by atoms with van der Waals surface area (Å²) in [4.78, 5) is 12.3. The fourth-order valence-electron chi connectivity index (χ4n) is 2.54. The van der Waals surface area contributed by atoms with Crippen LogP contribution in [0.2, 0.25) is 0 Å². The van der Waals surface area contributed by atoms with Crippen molar-refractivity contribution in [2.75, 3.05) is 29.5 Å². The van der Waals surface area contributed by atoms with Gasteiger partial charge in [0.2, 0.25) is 15.9 Å². The molecule has 1 amide bonds. The number of sulfonamides is 1. The van der Waals surface area contributed by atoms with Crippen LogP contribution >= 0.6 is 0 Å². The highest BCUT2D eigenvalue weighted by Crippen LogP contribution is 2.23. The standard InChI is InChI=1S/C19H24N2O4S/c1-14-8-9-15(2)18(12-14)20-19(22)10-11-21(26(4,23)24)16-6-5-7-17(13-16)25-3/h5-9,12-13H,10-11H2,1-4H3,(H,20,22). The quantitative estimate of drug-likeness (QED) is 0.806. The molecule has 2 aromatic carbocycles. The number of nitrogens with zero attached hydrogens (tertiary/aromatic N) is 1. The third-order valence-corrected chi connectivity index (χ3v) is 5.14. The minimum absolute atomic E-state index is 0.0393. The molecule has 7 heteroatoms. The zero-order valence-corrected chi connectivity index (χ0v) is 16.3. The number of rotatable bonds is 7. The van der Waals surface area contributed by atoms with Gasteiger partial charge in [0.25, 0.3) is 0 Å². The molecule has 0 saturated carbocycles. The van der Waals surface area contributed by atoms with E-state index in [0.717, 1.165) is 23.1 Å². The molecule has 0 radical (unpaired) electrons. The van der Waals surface area contributed by atoms with Crippen molar-refractivity contribution >= 4 is 27.3 Å². The Bertz CT molecular complexity index is 894. The van der Waals surface area contributed by atoms with Gasteiger partial charge in [0.1, 0.15) is 5.75 Å². The summed E-state index contributed by atoms with van der Waals surface area (Å²) in [6, 6.07) is 12.5. The van der Waals surface area contributed by atoms with Crippen LogP contribution in [0.1, 0.15) is 17.5 Å². The van der Waals surface area contributed by atoms with Crippen molar-refractivity contribution in [2.24, 2.45) is 0 Å². The molecular formula is C19H24N2O4S. The molecule has 0 bridgehead atoms. The molecule has 2 aromatic rings. The second kappa shape index (κ2) is 8.23. The maximum Gasteiger partial charge on any atom is 0.232 e. The van der Waals surface area contributed by atoms with Gasteiger partial charge in [0.15, 0.2) is 0 Å². The topological polar surface area (TPSA) is 75.7 Å². The van der Waals surface area contributed by atoms with Crippen molar-refractivity contribution in [3.8, 4) is 5.75 Å². The molecule has 0 aliphatic heterocycles. The summed E-state index contributed by atoms with van der Waals surface area (Å²) in [6.07, 6.45) is 1.16. The Labute approximate surface area is 154 Å². The van der Waals surface area contributed by atoms with E-state index in [2.05, 4.69) is 5.32 Å². The zero-order valence-electron chi connectivity index (χ0n) is 15.4. The van der Waals surface area contributed by atoms with E-state index in [9.17, 15) is 13.2 Å². The molecule has 0 atom stereocenters. The molecule has 0 aromatic heterocycles.